The van der Waals surface area contributed by atoms with Crippen LogP contribution in [0.25, 0.3) is 0 Å². The molecule has 0 aliphatic carbocycles. The Bertz CT molecular complexity index is 304. The minimum absolute atomic E-state index is 0.0317. The summed E-state index contributed by atoms with van der Waals surface area (Å²) < 4.78 is 43.2. The number of halogens is 6. The molecule has 0 aromatic carbocycles. The molecule has 0 aliphatic rings. The predicted octanol–water partition coefficient (Wildman–Crippen LogP) is 3.74. The fraction of sp³-hybridized carbons (Fsp3) is 0.700. The standard InChI is InChI=1S/C10H12Cl3F3O2/c1-2-18-8(17)3-7(10(14,15)16)9(4-11,5-12)6-13/h3H,2,4-6H2,1H3/b7-3-. The van der Waals surface area contributed by atoms with Crippen LogP contribution in [-0.2, 0) is 9.53 Å². The lowest BCUT2D eigenvalue weighted by Crippen LogP contribution is -2.37. The van der Waals surface area contributed by atoms with Gasteiger partial charge in [0.05, 0.1) is 6.61 Å². The zero-order valence-electron chi connectivity index (χ0n) is 9.49. The van der Waals surface area contributed by atoms with E-state index < -0.39 is 40.8 Å². The Hall–Kier alpha value is -0.130. The van der Waals surface area contributed by atoms with Crippen LogP contribution in [0.2, 0.25) is 0 Å². The molecule has 0 aliphatic heterocycles. The Kier molecular flexibility index (Phi) is 7.40. The zero-order valence-corrected chi connectivity index (χ0v) is 11.8. The van der Waals surface area contributed by atoms with E-state index in [9.17, 15) is 18.0 Å². The fourth-order valence-corrected chi connectivity index (χ4v) is 2.45. The minimum atomic E-state index is -4.76. The van der Waals surface area contributed by atoms with Gasteiger partial charge < -0.3 is 4.74 Å². The molecule has 8 heteroatoms. The largest absolute Gasteiger partial charge is 0.463 e. The van der Waals surface area contributed by atoms with E-state index in [0.29, 0.717) is 6.08 Å². The Labute approximate surface area is 118 Å². The lowest BCUT2D eigenvalue weighted by Gasteiger charge is -2.31. The zero-order chi connectivity index (χ0) is 14.4. The van der Waals surface area contributed by atoms with Gasteiger partial charge in [0, 0.05) is 34.7 Å². The van der Waals surface area contributed by atoms with Crippen molar-refractivity contribution in [1.82, 2.24) is 0 Å². The fourth-order valence-electron chi connectivity index (χ4n) is 1.16. The molecule has 0 aromatic heterocycles. The molecular formula is C10H12Cl3F3O2. The number of hydrogen-bond donors (Lipinski definition) is 0. The second-order valence-corrected chi connectivity index (χ2v) is 4.29. The normalized spacial score (nSPS) is 13.6. The highest BCUT2D eigenvalue weighted by molar-refractivity contribution is 6.24. The Balaban J connectivity index is 5.55. The van der Waals surface area contributed by atoms with Crippen LogP contribution in [0.4, 0.5) is 13.2 Å². The molecule has 0 saturated carbocycles. The van der Waals surface area contributed by atoms with Gasteiger partial charge in [0.15, 0.2) is 0 Å². The molecule has 0 N–H and O–H groups in total. The lowest BCUT2D eigenvalue weighted by atomic mass is 9.85. The number of ether oxygens (including phenoxy) is 1. The maximum Gasteiger partial charge on any atom is 0.413 e. The van der Waals surface area contributed by atoms with Crippen molar-refractivity contribution in [3.8, 4) is 0 Å². The lowest BCUT2D eigenvalue weighted by molar-refractivity contribution is -0.139. The summed E-state index contributed by atoms with van der Waals surface area (Å²) in [5.74, 6) is -2.46. The van der Waals surface area contributed by atoms with Crippen LogP contribution < -0.4 is 0 Å². The Morgan fingerprint density at radius 2 is 1.61 bits per heavy atom. The van der Waals surface area contributed by atoms with E-state index in [1.54, 1.807) is 0 Å². The molecule has 106 valence electrons. The van der Waals surface area contributed by atoms with Gasteiger partial charge in [-0.25, -0.2) is 4.79 Å². The van der Waals surface area contributed by atoms with E-state index >= 15 is 0 Å². The molecule has 0 rings (SSSR count). The van der Waals surface area contributed by atoms with Gasteiger partial charge >= 0.3 is 12.1 Å². The minimum Gasteiger partial charge on any atom is -0.463 e. The second kappa shape index (κ2) is 7.46. The SMILES string of the molecule is CCOC(=O)/C=C(\C(F)(F)F)C(CCl)(CCl)CCl. The Morgan fingerprint density at radius 1 is 1.17 bits per heavy atom. The maximum absolute atomic E-state index is 12.9. The summed E-state index contributed by atoms with van der Waals surface area (Å²) in [6.07, 6.45) is -4.40. The molecule has 0 atom stereocenters. The summed E-state index contributed by atoms with van der Waals surface area (Å²) in [7, 11) is 0. The molecule has 0 radical (unpaired) electrons. The van der Waals surface area contributed by atoms with Gasteiger partial charge in [-0.1, -0.05) is 0 Å². The molecule has 0 unspecified atom stereocenters. The monoisotopic (exact) mass is 326 g/mol. The van der Waals surface area contributed by atoms with Crippen molar-refractivity contribution in [1.29, 1.82) is 0 Å². The van der Waals surface area contributed by atoms with Crippen LogP contribution >= 0.6 is 34.8 Å². The number of rotatable bonds is 6. The third-order valence-corrected chi connectivity index (χ3v) is 3.73. The first-order valence-electron chi connectivity index (χ1n) is 4.91. The Morgan fingerprint density at radius 3 is 1.89 bits per heavy atom. The van der Waals surface area contributed by atoms with Gasteiger partial charge in [-0.05, 0) is 6.92 Å². The van der Waals surface area contributed by atoms with E-state index in [4.69, 9.17) is 34.8 Å². The predicted molar refractivity (Wildman–Crippen MR) is 65.4 cm³/mol. The van der Waals surface area contributed by atoms with E-state index in [-0.39, 0.29) is 6.61 Å². The highest BCUT2D eigenvalue weighted by Gasteiger charge is 2.47. The molecule has 0 heterocycles. The average Bonchev–Trinajstić information content (AvgIpc) is 2.29. The summed E-state index contributed by atoms with van der Waals surface area (Å²) in [4.78, 5) is 11.2. The van der Waals surface area contributed by atoms with Gasteiger partial charge in [0.2, 0.25) is 0 Å². The number of hydrogen-bond acceptors (Lipinski definition) is 2. The van der Waals surface area contributed by atoms with Crippen LogP contribution in [0.15, 0.2) is 11.6 Å². The molecule has 0 saturated heterocycles. The first kappa shape index (κ1) is 17.9. The number of esters is 1. The van der Waals surface area contributed by atoms with Gasteiger partial charge in [-0.2, -0.15) is 13.2 Å². The molecule has 0 aromatic rings. The molecule has 0 amide bonds. The van der Waals surface area contributed by atoms with Crippen molar-refractivity contribution < 1.29 is 22.7 Å². The first-order valence-corrected chi connectivity index (χ1v) is 6.51. The van der Waals surface area contributed by atoms with Crippen molar-refractivity contribution in [2.75, 3.05) is 24.2 Å². The number of carbonyl (C=O) groups excluding carboxylic acids is 1. The van der Waals surface area contributed by atoms with Crippen molar-refractivity contribution in [2.24, 2.45) is 5.41 Å². The third-order valence-electron chi connectivity index (χ3n) is 2.19. The van der Waals surface area contributed by atoms with Gasteiger partial charge in [0.1, 0.15) is 0 Å². The molecule has 0 fully saturated rings. The van der Waals surface area contributed by atoms with Crippen molar-refractivity contribution in [3.05, 3.63) is 11.6 Å². The van der Waals surface area contributed by atoms with Crippen LogP contribution in [0.3, 0.4) is 0 Å². The number of allylic oxidation sites excluding steroid dienone is 1. The smallest absolute Gasteiger partial charge is 0.413 e. The number of alkyl halides is 6. The van der Waals surface area contributed by atoms with Gasteiger partial charge in [-0.15, -0.1) is 34.8 Å². The van der Waals surface area contributed by atoms with E-state index in [0.717, 1.165) is 0 Å². The summed E-state index contributed by atoms with van der Waals surface area (Å²) in [5, 5.41) is 0. The second-order valence-electron chi connectivity index (χ2n) is 3.49. The average molecular weight is 328 g/mol. The highest BCUT2D eigenvalue weighted by Crippen LogP contribution is 2.42. The van der Waals surface area contributed by atoms with Crippen LogP contribution in [-0.4, -0.2) is 36.4 Å². The van der Waals surface area contributed by atoms with Crippen LogP contribution in [0.5, 0.6) is 0 Å². The topological polar surface area (TPSA) is 26.3 Å². The van der Waals surface area contributed by atoms with Crippen molar-refractivity contribution in [3.63, 3.8) is 0 Å². The van der Waals surface area contributed by atoms with Crippen LogP contribution in [0, 0.1) is 5.41 Å². The molecular weight excluding hydrogens is 315 g/mol. The van der Waals surface area contributed by atoms with E-state index in [2.05, 4.69) is 4.74 Å². The van der Waals surface area contributed by atoms with E-state index in [1.165, 1.54) is 6.92 Å². The molecule has 0 spiro atoms. The van der Waals surface area contributed by atoms with E-state index in [1.807, 2.05) is 0 Å². The van der Waals surface area contributed by atoms with Crippen LogP contribution in [0.1, 0.15) is 6.92 Å². The molecule has 2 nitrogen and oxygen atoms in total. The summed E-state index contributed by atoms with van der Waals surface area (Å²) in [6.45, 7) is 1.45. The highest BCUT2D eigenvalue weighted by atomic mass is 35.5. The maximum atomic E-state index is 12.9. The van der Waals surface area contributed by atoms with Gasteiger partial charge in [-0.3, -0.25) is 0 Å². The van der Waals surface area contributed by atoms with Crippen molar-refractivity contribution >= 4 is 40.8 Å². The molecule has 18 heavy (non-hydrogen) atoms. The first-order chi connectivity index (χ1) is 8.27. The third kappa shape index (κ3) is 4.52. The van der Waals surface area contributed by atoms with Crippen molar-refractivity contribution in [2.45, 2.75) is 13.1 Å². The quantitative estimate of drug-likeness (QED) is 0.422. The molecule has 0 bridgehead atoms. The number of carbonyl (C=O) groups is 1. The van der Waals surface area contributed by atoms with Gasteiger partial charge in [0.25, 0.3) is 0 Å². The summed E-state index contributed by atoms with van der Waals surface area (Å²) in [5.41, 5.74) is -2.89. The summed E-state index contributed by atoms with van der Waals surface area (Å²) >= 11 is 16.6. The summed E-state index contributed by atoms with van der Waals surface area (Å²) in [6, 6.07) is 0.